The summed E-state index contributed by atoms with van der Waals surface area (Å²) in [6.07, 6.45) is 1.52. The first-order valence-electron chi connectivity index (χ1n) is 7.35. The average molecular weight is 289 g/mol. The van der Waals surface area contributed by atoms with E-state index >= 15 is 0 Å². The third-order valence-corrected chi connectivity index (χ3v) is 4.34. The van der Waals surface area contributed by atoms with Crippen LogP contribution >= 0.6 is 0 Å². The van der Waals surface area contributed by atoms with Gasteiger partial charge < -0.3 is 14.7 Å². The Bertz CT molecular complexity index is 557. The number of likely N-dealkylation sites (tertiary alicyclic amines) is 1. The third kappa shape index (κ3) is 2.93. The Balaban J connectivity index is 1.65. The summed E-state index contributed by atoms with van der Waals surface area (Å²) in [6.45, 7) is 1.49. The lowest BCUT2D eigenvalue weighted by atomic mass is 9.95. The molecule has 0 radical (unpaired) electrons. The molecule has 1 aromatic carbocycles. The number of carboxylic acids is 1. The fourth-order valence-corrected chi connectivity index (χ4v) is 3.12. The normalized spacial score (nSPS) is 24.7. The molecular formula is C16H19NO4. The van der Waals surface area contributed by atoms with E-state index in [0.717, 1.165) is 12.0 Å². The van der Waals surface area contributed by atoms with Crippen LogP contribution in [0.2, 0.25) is 0 Å². The van der Waals surface area contributed by atoms with Crippen LogP contribution in [0.25, 0.3) is 0 Å². The largest absolute Gasteiger partial charge is 0.481 e. The molecule has 2 unspecified atom stereocenters. The number of carbonyl (C=O) groups excluding carboxylic acids is 1. The van der Waals surface area contributed by atoms with Crippen molar-refractivity contribution in [1.29, 1.82) is 0 Å². The van der Waals surface area contributed by atoms with Crippen LogP contribution in [0.4, 0.5) is 0 Å². The van der Waals surface area contributed by atoms with Crippen molar-refractivity contribution in [3.8, 4) is 0 Å². The van der Waals surface area contributed by atoms with Crippen LogP contribution < -0.4 is 0 Å². The van der Waals surface area contributed by atoms with Crippen LogP contribution in [0.15, 0.2) is 24.3 Å². The second kappa shape index (κ2) is 5.85. The van der Waals surface area contributed by atoms with E-state index in [1.165, 1.54) is 5.56 Å². The van der Waals surface area contributed by atoms with E-state index < -0.39 is 11.9 Å². The molecule has 112 valence electrons. The van der Waals surface area contributed by atoms with Crippen LogP contribution in [0, 0.1) is 5.92 Å². The summed E-state index contributed by atoms with van der Waals surface area (Å²) in [6, 6.07) is 8.05. The molecule has 1 fully saturated rings. The molecule has 5 heteroatoms. The Morgan fingerprint density at radius 1 is 1.33 bits per heavy atom. The Morgan fingerprint density at radius 3 is 2.90 bits per heavy atom. The van der Waals surface area contributed by atoms with Crippen LogP contribution in [0.1, 0.15) is 30.1 Å². The highest BCUT2D eigenvalue weighted by Crippen LogP contribution is 2.30. The number of benzene rings is 1. The molecule has 5 nitrogen and oxygen atoms in total. The molecule has 0 aromatic heterocycles. The number of rotatable bonds is 3. The van der Waals surface area contributed by atoms with Crippen molar-refractivity contribution in [2.45, 2.75) is 25.4 Å². The summed E-state index contributed by atoms with van der Waals surface area (Å²) in [5.74, 6) is -1.25. The van der Waals surface area contributed by atoms with Gasteiger partial charge in [0.05, 0.1) is 25.0 Å². The van der Waals surface area contributed by atoms with Gasteiger partial charge in [-0.1, -0.05) is 24.3 Å². The summed E-state index contributed by atoms with van der Waals surface area (Å²) in [4.78, 5) is 25.0. The maximum absolute atomic E-state index is 12.3. The first-order valence-corrected chi connectivity index (χ1v) is 7.35. The van der Waals surface area contributed by atoms with Gasteiger partial charge >= 0.3 is 5.97 Å². The molecule has 3 rings (SSSR count). The maximum atomic E-state index is 12.3. The van der Waals surface area contributed by atoms with Crippen molar-refractivity contribution in [3.63, 3.8) is 0 Å². The number of amides is 1. The van der Waals surface area contributed by atoms with E-state index in [1.54, 1.807) is 4.90 Å². The molecule has 0 aliphatic carbocycles. The minimum absolute atomic E-state index is 0.0135. The summed E-state index contributed by atoms with van der Waals surface area (Å²) in [5, 5.41) is 9.00. The predicted octanol–water partition coefficient (Wildman–Crippen LogP) is 1.62. The monoisotopic (exact) mass is 289 g/mol. The number of fused-ring (bicyclic) bond motifs is 1. The fourth-order valence-electron chi connectivity index (χ4n) is 3.12. The molecule has 1 aromatic rings. The van der Waals surface area contributed by atoms with Gasteiger partial charge in [-0.2, -0.15) is 0 Å². The van der Waals surface area contributed by atoms with E-state index in [2.05, 4.69) is 6.07 Å². The molecule has 1 saturated heterocycles. The van der Waals surface area contributed by atoms with Gasteiger partial charge in [0, 0.05) is 13.1 Å². The fraction of sp³-hybridized carbons (Fsp3) is 0.500. The molecule has 0 saturated carbocycles. The summed E-state index contributed by atoms with van der Waals surface area (Å²) >= 11 is 0. The Hall–Kier alpha value is -1.88. The molecule has 1 N–H and O–H groups in total. The number of carbonyl (C=O) groups is 2. The zero-order valence-electron chi connectivity index (χ0n) is 11.8. The number of carboxylic acid groups (broad SMARTS) is 1. The van der Waals surface area contributed by atoms with Gasteiger partial charge in [-0.05, 0) is 24.0 Å². The van der Waals surface area contributed by atoms with Crippen molar-refractivity contribution in [2.75, 3.05) is 19.7 Å². The van der Waals surface area contributed by atoms with Crippen molar-refractivity contribution in [2.24, 2.45) is 5.92 Å². The first-order chi connectivity index (χ1) is 10.1. The zero-order valence-corrected chi connectivity index (χ0v) is 11.8. The smallest absolute Gasteiger partial charge is 0.308 e. The number of aliphatic carboxylic acids is 1. The molecule has 0 bridgehead atoms. The number of hydrogen-bond donors (Lipinski definition) is 1. The van der Waals surface area contributed by atoms with E-state index in [1.807, 2.05) is 18.2 Å². The van der Waals surface area contributed by atoms with Gasteiger partial charge in [-0.25, -0.2) is 0 Å². The number of hydrogen-bond acceptors (Lipinski definition) is 3. The zero-order chi connectivity index (χ0) is 14.8. The highest BCUT2D eigenvalue weighted by molar-refractivity contribution is 5.79. The third-order valence-electron chi connectivity index (χ3n) is 4.34. The lowest BCUT2D eigenvalue weighted by Gasteiger charge is -2.27. The minimum atomic E-state index is -0.815. The summed E-state index contributed by atoms with van der Waals surface area (Å²) in [5.41, 5.74) is 2.33. The second-order valence-corrected chi connectivity index (χ2v) is 5.68. The van der Waals surface area contributed by atoms with Crippen molar-refractivity contribution in [1.82, 2.24) is 4.90 Å². The molecule has 21 heavy (non-hydrogen) atoms. The van der Waals surface area contributed by atoms with Gasteiger partial charge in [-0.15, -0.1) is 0 Å². The van der Waals surface area contributed by atoms with E-state index in [4.69, 9.17) is 9.84 Å². The van der Waals surface area contributed by atoms with E-state index in [9.17, 15) is 9.59 Å². The summed E-state index contributed by atoms with van der Waals surface area (Å²) in [7, 11) is 0. The lowest BCUT2D eigenvalue weighted by Crippen LogP contribution is -2.32. The molecule has 2 aliphatic rings. The average Bonchev–Trinajstić information content (AvgIpc) is 2.98. The van der Waals surface area contributed by atoms with Crippen LogP contribution in [-0.2, 0) is 20.7 Å². The standard InChI is InChI=1S/C16H19NO4/c18-15(17-7-5-12(10-17)16(19)20)9-14-13-4-2-1-3-11(13)6-8-21-14/h1-4,12,14H,5-10H2,(H,19,20). The van der Waals surface area contributed by atoms with Crippen molar-refractivity contribution < 1.29 is 19.4 Å². The lowest BCUT2D eigenvalue weighted by molar-refractivity contribution is -0.141. The van der Waals surface area contributed by atoms with Gasteiger partial charge in [0.15, 0.2) is 0 Å². The minimum Gasteiger partial charge on any atom is -0.481 e. The Labute approximate surface area is 123 Å². The summed E-state index contributed by atoms with van der Waals surface area (Å²) < 4.78 is 5.75. The first kappa shape index (κ1) is 14.1. The van der Waals surface area contributed by atoms with Crippen molar-refractivity contribution in [3.05, 3.63) is 35.4 Å². The maximum Gasteiger partial charge on any atom is 0.308 e. The van der Waals surface area contributed by atoms with Gasteiger partial charge in [0.2, 0.25) is 5.91 Å². The highest BCUT2D eigenvalue weighted by Gasteiger charge is 2.32. The molecule has 2 atom stereocenters. The molecule has 1 amide bonds. The number of nitrogens with zero attached hydrogens (tertiary/aromatic N) is 1. The Kier molecular flexibility index (Phi) is 3.92. The van der Waals surface area contributed by atoms with Crippen LogP contribution in [0.3, 0.4) is 0 Å². The number of ether oxygens (including phenoxy) is 1. The van der Waals surface area contributed by atoms with Crippen molar-refractivity contribution >= 4 is 11.9 Å². The van der Waals surface area contributed by atoms with E-state index in [0.29, 0.717) is 32.5 Å². The van der Waals surface area contributed by atoms with Crippen LogP contribution in [-0.4, -0.2) is 41.6 Å². The molecule has 2 heterocycles. The Morgan fingerprint density at radius 2 is 2.14 bits per heavy atom. The topological polar surface area (TPSA) is 66.8 Å². The van der Waals surface area contributed by atoms with Gasteiger partial charge in [0.25, 0.3) is 0 Å². The molecule has 2 aliphatic heterocycles. The molecule has 0 spiro atoms. The second-order valence-electron chi connectivity index (χ2n) is 5.68. The van der Waals surface area contributed by atoms with E-state index in [-0.39, 0.29) is 12.0 Å². The highest BCUT2D eigenvalue weighted by atomic mass is 16.5. The van der Waals surface area contributed by atoms with Gasteiger partial charge in [-0.3, -0.25) is 9.59 Å². The quantitative estimate of drug-likeness (QED) is 0.918. The predicted molar refractivity (Wildman–Crippen MR) is 75.8 cm³/mol. The SMILES string of the molecule is O=C(O)C1CCN(C(=O)CC2OCCc3ccccc32)C1. The van der Waals surface area contributed by atoms with Gasteiger partial charge in [0.1, 0.15) is 0 Å². The molecular weight excluding hydrogens is 270 g/mol. The van der Waals surface area contributed by atoms with Crippen LogP contribution in [0.5, 0.6) is 0 Å².